The number of hydrogen-bond donors (Lipinski definition) is 0. The summed E-state index contributed by atoms with van der Waals surface area (Å²) in [5.41, 5.74) is 2.56. The maximum Gasteiger partial charge on any atom is 0.416 e. The van der Waals surface area contributed by atoms with Gasteiger partial charge in [0.15, 0.2) is 11.0 Å². The Morgan fingerprint density at radius 3 is 2.72 bits per heavy atom. The van der Waals surface area contributed by atoms with E-state index in [1.807, 2.05) is 0 Å². The number of alkyl halides is 3. The molecule has 29 heavy (non-hydrogen) atoms. The summed E-state index contributed by atoms with van der Waals surface area (Å²) in [6.07, 6.45) is 0.314. The van der Waals surface area contributed by atoms with Crippen LogP contribution >= 0.6 is 23.1 Å². The molecule has 0 amide bonds. The van der Waals surface area contributed by atoms with Crippen LogP contribution in [0.4, 0.5) is 13.2 Å². The van der Waals surface area contributed by atoms with Crippen molar-refractivity contribution in [3.63, 3.8) is 0 Å². The largest absolute Gasteiger partial charge is 0.416 e. The van der Waals surface area contributed by atoms with E-state index in [9.17, 15) is 13.2 Å². The van der Waals surface area contributed by atoms with Crippen LogP contribution in [0, 0.1) is 0 Å². The van der Waals surface area contributed by atoms with Crippen LogP contribution in [0.15, 0.2) is 34.8 Å². The van der Waals surface area contributed by atoms with Gasteiger partial charge >= 0.3 is 6.18 Å². The summed E-state index contributed by atoms with van der Waals surface area (Å²) in [4.78, 5) is 1.45. The van der Waals surface area contributed by atoms with Gasteiger partial charge in [0.05, 0.1) is 5.56 Å². The molecule has 154 valence electrons. The Labute approximate surface area is 176 Å². The van der Waals surface area contributed by atoms with E-state index < -0.39 is 11.7 Å². The number of aryl methyl sites for hydroxylation is 1. The van der Waals surface area contributed by atoms with Crippen LogP contribution in [0.1, 0.15) is 54.3 Å². The van der Waals surface area contributed by atoms with E-state index in [-0.39, 0.29) is 6.04 Å². The molecule has 0 atom stereocenters. The highest BCUT2D eigenvalue weighted by Crippen LogP contribution is 2.38. The lowest BCUT2D eigenvalue weighted by Crippen LogP contribution is -2.07. The zero-order valence-electron chi connectivity index (χ0n) is 16.3. The number of thiophene rings is 1. The first kappa shape index (κ1) is 20.5. The Kier molecular flexibility index (Phi) is 5.75. The van der Waals surface area contributed by atoms with Gasteiger partial charge in [-0.05, 0) is 56.7 Å². The minimum atomic E-state index is -4.33. The van der Waals surface area contributed by atoms with Gasteiger partial charge in [-0.1, -0.05) is 30.0 Å². The normalized spacial score (nSPS) is 14.4. The van der Waals surface area contributed by atoms with Crippen molar-refractivity contribution >= 4 is 23.1 Å². The van der Waals surface area contributed by atoms with Gasteiger partial charge in [-0.3, -0.25) is 4.57 Å². The zero-order valence-corrected chi connectivity index (χ0v) is 17.9. The van der Waals surface area contributed by atoms with Crippen LogP contribution in [0.2, 0.25) is 0 Å². The highest BCUT2D eigenvalue weighted by Gasteiger charge is 2.30. The fraction of sp³-hybridized carbons (Fsp3) is 0.429. The first-order valence-corrected chi connectivity index (χ1v) is 11.5. The Hall–Kier alpha value is -1.80. The molecule has 0 saturated carbocycles. The molecule has 0 N–H and O–H groups in total. The molecule has 2 heterocycles. The molecule has 4 rings (SSSR count). The van der Waals surface area contributed by atoms with Crippen molar-refractivity contribution in [1.29, 1.82) is 0 Å². The third-order valence-corrected chi connectivity index (χ3v) is 7.21. The van der Waals surface area contributed by atoms with Crippen LogP contribution < -0.4 is 0 Å². The van der Waals surface area contributed by atoms with Crippen LogP contribution in [-0.4, -0.2) is 14.8 Å². The Morgan fingerprint density at radius 2 is 1.97 bits per heavy atom. The number of hydrogen-bond acceptors (Lipinski definition) is 4. The van der Waals surface area contributed by atoms with E-state index in [4.69, 9.17) is 0 Å². The molecule has 1 aromatic carbocycles. The summed E-state index contributed by atoms with van der Waals surface area (Å²) in [7, 11) is 0. The van der Waals surface area contributed by atoms with Crippen molar-refractivity contribution in [2.24, 2.45) is 0 Å². The van der Waals surface area contributed by atoms with E-state index in [0.29, 0.717) is 11.3 Å². The second kappa shape index (κ2) is 8.14. The van der Waals surface area contributed by atoms with Crippen molar-refractivity contribution < 1.29 is 13.2 Å². The molecule has 8 heteroatoms. The van der Waals surface area contributed by atoms with Crippen LogP contribution in [0.3, 0.4) is 0 Å². The molecule has 1 aliphatic carbocycles. The van der Waals surface area contributed by atoms with Crippen LogP contribution in [-0.2, 0) is 24.8 Å². The van der Waals surface area contributed by atoms with Crippen molar-refractivity contribution in [2.45, 2.75) is 62.7 Å². The molecular formula is C21H22F3N3S2. The summed E-state index contributed by atoms with van der Waals surface area (Å²) in [5, 5.41) is 11.8. The molecule has 0 aliphatic heterocycles. The summed E-state index contributed by atoms with van der Waals surface area (Å²) in [5.74, 6) is 1.28. The predicted molar refractivity (Wildman–Crippen MR) is 111 cm³/mol. The number of benzene rings is 1. The summed E-state index contributed by atoms with van der Waals surface area (Å²) < 4.78 is 41.0. The second-order valence-corrected chi connectivity index (χ2v) is 9.42. The van der Waals surface area contributed by atoms with Gasteiger partial charge in [-0.2, -0.15) is 13.2 Å². The first-order valence-electron chi connectivity index (χ1n) is 9.68. The lowest BCUT2D eigenvalue weighted by Gasteiger charge is -2.16. The predicted octanol–water partition coefficient (Wildman–Crippen LogP) is 6.78. The molecule has 0 bridgehead atoms. The van der Waals surface area contributed by atoms with E-state index in [1.54, 1.807) is 17.4 Å². The van der Waals surface area contributed by atoms with Crippen molar-refractivity contribution in [2.75, 3.05) is 0 Å². The number of fused-ring (bicyclic) bond motifs is 1. The highest BCUT2D eigenvalue weighted by molar-refractivity contribution is 7.98. The molecular weight excluding hydrogens is 415 g/mol. The minimum absolute atomic E-state index is 0.156. The summed E-state index contributed by atoms with van der Waals surface area (Å²) in [6, 6.07) is 5.63. The molecule has 0 radical (unpaired) electrons. The molecule has 0 spiro atoms. The summed E-state index contributed by atoms with van der Waals surface area (Å²) in [6.45, 7) is 4.17. The van der Waals surface area contributed by atoms with Gasteiger partial charge in [0.1, 0.15) is 0 Å². The van der Waals surface area contributed by atoms with Crippen molar-refractivity contribution in [3.05, 3.63) is 51.2 Å². The van der Waals surface area contributed by atoms with Crippen molar-refractivity contribution in [3.8, 4) is 11.4 Å². The average molecular weight is 438 g/mol. The highest BCUT2D eigenvalue weighted by atomic mass is 32.2. The van der Waals surface area contributed by atoms with E-state index in [1.165, 1.54) is 47.2 Å². The lowest BCUT2D eigenvalue weighted by atomic mass is 9.95. The van der Waals surface area contributed by atoms with Gasteiger partial charge in [0.2, 0.25) is 0 Å². The molecule has 0 saturated heterocycles. The topological polar surface area (TPSA) is 30.7 Å². The second-order valence-electron chi connectivity index (χ2n) is 7.51. The SMILES string of the molecule is CC(C)n1c(SCc2cccc(C(F)(F)F)c2)nnc1-c1csc2c1CCCC2. The number of halogens is 3. The summed E-state index contributed by atoms with van der Waals surface area (Å²) >= 11 is 3.22. The number of nitrogens with zero attached hydrogens (tertiary/aromatic N) is 3. The van der Waals surface area contributed by atoms with Crippen molar-refractivity contribution in [1.82, 2.24) is 14.8 Å². The smallest absolute Gasteiger partial charge is 0.299 e. The molecule has 3 aromatic rings. The fourth-order valence-corrected chi connectivity index (χ4v) is 5.83. The first-order chi connectivity index (χ1) is 13.8. The van der Waals surface area contributed by atoms with Gasteiger partial charge in [-0.25, -0.2) is 0 Å². The number of thioether (sulfide) groups is 1. The average Bonchev–Trinajstić information content (AvgIpc) is 3.29. The van der Waals surface area contributed by atoms with Gasteiger partial charge in [-0.15, -0.1) is 21.5 Å². The third kappa shape index (κ3) is 4.23. The van der Waals surface area contributed by atoms with Gasteiger partial charge in [0.25, 0.3) is 0 Å². The quantitative estimate of drug-likeness (QED) is 0.412. The van der Waals surface area contributed by atoms with Crippen LogP contribution in [0.5, 0.6) is 0 Å². The fourth-order valence-electron chi connectivity index (χ4n) is 3.69. The van der Waals surface area contributed by atoms with Gasteiger partial charge < -0.3 is 0 Å². The number of aromatic nitrogens is 3. The van der Waals surface area contributed by atoms with E-state index in [2.05, 4.69) is 34.0 Å². The lowest BCUT2D eigenvalue weighted by molar-refractivity contribution is -0.137. The Bertz CT molecular complexity index is 1010. The standard InChI is InChI=1S/C21H22F3N3S2/c1-13(2)27-19(17-12-28-18-9-4-3-8-16(17)18)25-26-20(27)29-11-14-6-5-7-15(10-14)21(22,23)24/h5-7,10,12-13H,3-4,8-9,11H2,1-2H3. The van der Waals surface area contributed by atoms with E-state index >= 15 is 0 Å². The molecule has 0 fully saturated rings. The minimum Gasteiger partial charge on any atom is -0.299 e. The Balaban J connectivity index is 1.60. The third-order valence-electron chi connectivity index (χ3n) is 5.11. The maximum atomic E-state index is 13.0. The molecule has 2 aromatic heterocycles. The van der Waals surface area contributed by atoms with Gasteiger partial charge in [0, 0.05) is 27.6 Å². The van der Waals surface area contributed by atoms with E-state index in [0.717, 1.165) is 35.5 Å². The zero-order chi connectivity index (χ0) is 20.6. The maximum absolute atomic E-state index is 13.0. The molecule has 1 aliphatic rings. The monoisotopic (exact) mass is 437 g/mol. The van der Waals surface area contributed by atoms with Crippen LogP contribution in [0.25, 0.3) is 11.4 Å². The Morgan fingerprint density at radius 1 is 1.17 bits per heavy atom. The number of rotatable bonds is 5. The molecule has 3 nitrogen and oxygen atoms in total. The molecule has 0 unspecified atom stereocenters.